The van der Waals surface area contributed by atoms with Crippen molar-refractivity contribution < 1.29 is 14.7 Å². The summed E-state index contributed by atoms with van der Waals surface area (Å²) in [4.78, 5) is 23.6. The molecule has 0 aliphatic rings. The van der Waals surface area contributed by atoms with E-state index < -0.39 is 17.9 Å². The molecular formula is C16H18N2O3. The molecule has 1 aromatic heterocycles. The van der Waals surface area contributed by atoms with Gasteiger partial charge < -0.3 is 15.0 Å². The van der Waals surface area contributed by atoms with E-state index >= 15 is 0 Å². The van der Waals surface area contributed by atoms with Gasteiger partial charge in [-0.25, -0.2) is 0 Å². The van der Waals surface area contributed by atoms with Gasteiger partial charge in [-0.2, -0.15) is 0 Å². The maximum Gasteiger partial charge on any atom is 0.308 e. The van der Waals surface area contributed by atoms with Crippen LogP contribution < -0.4 is 5.32 Å². The van der Waals surface area contributed by atoms with Crippen molar-refractivity contribution in [1.29, 1.82) is 0 Å². The zero-order valence-electron chi connectivity index (χ0n) is 12.0. The highest BCUT2D eigenvalue weighted by Crippen LogP contribution is 2.22. The summed E-state index contributed by atoms with van der Waals surface area (Å²) in [7, 11) is 1.77. The van der Waals surface area contributed by atoms with Crippen molar-refractivity contribution in [2.45, 2.75) is 13.0 Å². The molecule has 0 unspecified atom stereocenters. The maximum absolute atomic E-state index is 12.3. The SMILES string of the molecule is C[C@H](C(=O)O)[C@H](NC(=O)c1cccn1C)c1ccccc1. The molecule has 2 aromatic rings. The molecular weight excluding hydrogens is 268 g/mol. The number of hydrogen-bond donors (Lipinski definition) is 2. The number of carboxylic acid groups (broad SMARTS) is 1. The van der Waals surface area contributed by atoms with Gasteiger partial charge in [0.1, 0.15) is 5.69 Å². The monoisotopic (exact) mass is 286 g/mol. The number of carbonyl (C=O) groups is 2. The van der Waals surface area contributed by atoms with E-state index in [4.69, 9.17) is 0 Å². The number of amides is 1. The van der Waals surface area contributed by atoms with Gasteiger partial charge in [0.2, 0.25) is 0 Å². The number of rotatable bonds is 5. The lowest BCUT2D eigenvalue weighted by atomic mass is 9.94. The van der Waals surface area contributed by atoms with Crippen LogP contribution in [-0.4, -0.2) is 21.6 Å². The standard InChI is InChI=1S/C16H18N2O3/c1-11(16(20)21)14(12-7-4-3-5-8-12)17-15(19)13-9-6-10-18(13)2/h3-11,14H,1-2H3,(H,17,19)(H,20,21)/t11-,14-/m0/s1. The number of benzene rings is 1. The van der Waals surface area contributed by atoms with Gasteiger partial charge in [-0.3, -0.25) is 9.59 Å². The average Bonchev–Trinajstić information content (AvgIpc) is 2.91. The molecule has 2 rings (SSSR count). The second-order valence-electron chi connectivity index (χ2n) is 4.99. The van der Waals surface area contributed by atoms with E-state index in [1.54, 1.807) is 36.9 Å². The minimum absolute atomic E-state index is 0.288. The van der Waals surface area contributed by atoms with E-state index in [9.17, 15) is 14.7 Å². The molecule has 21 heavy (non-hydrogen) atoms. The number of aryl methyl sites for hydroxylation is 1. The van der Waals surface area contributed by atoms with Gasteiger partial charge in [0.25, 0.3) is 5.91 Å². The number of carbonyl (C=O) groups excluding carboxylic acids is 1. The number of aliphatic carboxylic acids is 1. The molecule has 2 atom stereocenters. The van der Waals surface area contributed by atoms with Crippen molar-refractivity contribution in [3.8, 4) is 0 Å². The summed E-state index contributed by atoms with van der Waals surface area (Å²) in [5, 5.41) is 12.1. The van der Waals surface area contributed by atoms with Crippen LogP contribution in [0.15, 0.2) is 48.7 Å². The van der Waals surface area contributed by atoms with Crippen LogP contribution in [0, 0.1) is 5.92 Å². The van der Waals surface area contributed by atoms with E-state index in [0.717, 1.165) is 5.56 Å². The molecule has 5 heteroatoms. The quantitative estimate of drug-likeness (QED) is 0.885. The predicted molar refractivity (Wildman–Crippen MR) is 78.9 cm³/mol. The summed E-state index contributed by atoms with van der Waals surface area (Å²) < 4.78 is 1.70. The van der Waals surface area contributed by atoms with Crippen LogP contribution in [0.1, 0.15) is 29.0 Å². The van der Waals surface area contributed by atoms with Crippen LogP contribution in [0.3, 0.4) is 0 Å². The van der Waals surface area contributed by atoms with Crippen LogP contribution in [-0.2, 0) is 11.8 Å². The number of nitrogens with zero attached hydrogens (tertiary/aromatic N) is 1. The molecule has 1 heterocycles. The van der Waals surface area contributed by atoms with Crippen molar-refractivity contribution in [1.82, 2.24) is 9.88 Å². The zero-order valence-corrected chi connectivity index (χ0v) is 12.0. The van der Waals surface area contributed by atoms with Crippen molar-refractivity contribution >= 4 is 11.9 Å². The highest BCUT2D eigenvalue weighted by atomic mass is 16.4. The first-order chi connectivity index (χ1) is 10.0. The Hall–Kier alpha value is -2.56. The Morgan fingerprint density at radius 2 is 1.81 bits per heavy atom. The van der Waals surface area contributed by atoms with E-state index in [1.165, 1.54) is 0 Å². The average molecular weight is 286 g/mol. The van der Waals surface area contributed by atoms with Gasteiger partial charge in [0, 0.05) is 13.2 Å². The van der Waals surface area contributed by atoms with Gasteiger partial charge in [-0.05, 0) is 24.6 Å². The lowest BCUT2D eigenvalue weighted by Crippen LogP contribution is -2.36. The Morgan fingerprint density at radius 1 is 1.14 bits per heavy atom. The number of carboxylic acids is 1. The number of hydrogen-bond acceptors (Lipinski definition) is 2. The molecule has 5 nitrogen and oxygen atoms in total. The number of aromatic nitrogens is 1. The molecule has 0 radical (unpaired) electrons. The van der Waals surface area contributed by atoms with Crippen molar-refractivity contribution in [2.75, 3.05) is 0 Å². The second kappa shape index (κ2) is 6.26. The first kappa shape index (κ1) is 14.8. The molecule has 0 bridgehead atoms. The summed E-state index contributed by atoms with van der Waals surface area (Å²) in [6.45, 7) is 1.59. The highest BCUT2D eigenvalue weighted by Gasteiger charge is 2.27. The van der Waals surface area contributed by atoms with Gasteiger partial charge in [0.15, 0.2) is 0 Å². The summed E-state index contributed by atoms with van der Waals surface area (Å²) in [6.07, 6.45) is 1.77. The van der Waals surface area contributed by atoms with E-state index in [2.05, 4.69) is 5.32 Å². The molecule has 0 saturated heterocycles. The third-order valence-electron chi connectivity index (χ3n) is 3.51. The molecule has 110 valence electrons. The van der Waals surface area contributed by atoms with Gasteiger partial charge in [0.05, 0.1) is 12.0 Å². The molecule has 1 amide bonds. The Labute approximate surface area is 123 Å². The molecule has 0 aliphatic heterocycles. The van der Waals surface area contributed by atoms with E-state index in [0.29, 0.717) is 5.69 Å². The van der Waals surface area contributed by atoms with Crippen LogP contribution in [0.5, 0.6) is 0 Å². The minimum atomic E-state index is -0.948. The highest BCUT2D eigenvalue weighted by molar-refractivity contribution is 5.93. The van der Waals surface area contributed by atoms with E-state index in [-0.39, 0.29) is 5.91 Å². The minimum Gasteiger partial charge on any atom is -0.481 e. The Bertz CT molecular complexity index is 634. The fourth-order valence-corrected chi connectivity index (χ4v) is 2.21. The second-order valence-corrected chi connectivity index (χ2v) is 4.99. The molecule has 0 fully saturated rings. The van der Waals surface area contributed by atoms with Gasteiger partial charge >= 0.3 is 5.97 Å². The fourth-order valence-electron chi connectivity index (χ4n) is 2.21. The Morgan fingerprint density at radius 3 is 2.33 bits per heavy atom. The van der Waals surface area contributed by atoms with Crippen molar-refractivity contribution in [2.24, 2.45) is 13.0 Å². The normalized spacial score (nSPS) is 13.4. The fraction of sp³-hybridized carbons (Fsp3) is 0.250. The summed E-state index contributed by atoms with van der Waals surface area (Å²) in [5.41, 5.74) is 1.27. The number of nitrogens with one attached hydrogen (secondary N) is 1. The molecule has 0 aliphatic carbocycles. The van der Waals surface area contributed by atoms with Crippen LogP contribution in [0.4, 0.5) is 0 Å². The van der Waals surface area contributed by atoms with Gasteiger partial charge in [-0.15, -0.1) is 0 Å². The molecule has 1 aromatic carbocycles. The van der Waals surface area contributed by atoms with Crippen molar-refractivity contribution in [3.05, 3.63) is 59.9 Å². The third kappa shape index (κ3) is 3.31. The first-order valence-electron chi connectivity index (χ1n) is 6.70. The summed E-state index contributed by atoms with van der Waals surface area (Å²) >= 11 is 0. The molecule has 0 spiro atoms. The maximum atomic E-state index is 12.3. The lowest BCUT2D eigenvalue weighted by Gasteiger charge is -2.23. The Kier molecular flexibility index (Phi) is 4.42. The molecule has 2 N–H and O–H groups in total. The smallest absolute Gasteiger partial charge is 0.308 e. The summed E-state index contributed by atoms with van der Waals surface area (Å²) in [6, 6.07) is 12.0. The molecule has 0 saturated carbocycles. The zero-order chi connectivity index (χ0) is 15.4. The van der Waals surface area contributed by atoms with Crippen molar-refractivity contribution in [3.63, 3.8) is 0 Å². The topological polar surface area (TPSA) is 71.3 Å². The largest absolute Gasteiger partial charge is 0.481 e. The van der Waals surface area contributed by atoms with Crippen LogP contribution in [0.25, 0.3) is 0 Å². The van der Waals surface area contributed by atoms with E-state index in [1.807, 2.05) is 30.3 Å². The summed E-state index contributed by atoms with van der Waals surface area (Å²) in [5.74, 6) is -1.96. The lowest BCUT2D eigenvalue weighted by molar-refractivity contribution is -0.142. The third-order valence-corrected chi connectivity index (χ3v) is 3.51. The van der Waals surface area contributed by atoms with Crippen LogP contribution in [0.2, 0.25) is 0 Å². The van der Waals surface area contributed by atoms with Gasteiger partial charge in [-0.1, -0.05) is 30.3 Å². The Balaban J connectivity index is 2.27. The van der Waals surface area contributed by atoms with Crippen LogP contribution >= 0.6 is 0 Å². The first-order valence-corrected chi connectivity index (χ1v) is 6.70. The predicted octanol–water partition coefficient (Wildman–Crippen LogP) is 2.22.